The summed E-state index contributed by atoms with van der Waals surface area (Å²) in [5.74, 6) is 0.215. The third-order valence-electron chi connectivity index (χ3n) is 3.32. The topological polar surface area (TPSA) is 43.1 Å². The highest BCUT2D eigenvalue weighted by molar-refractivity contribution is 5.35. The van der Waals surface area contributed by atoms with E-state index in [-0.39, 0.29) is 21.9 Å². The van der Waals surface area contributed by atoms with Gasteiger partial charge in [0.25, 0.3) is 5.69 Å². The Labute approximate surface area is 114 Å². The maximum Gasteiger partial charge on any atom is 0.269 e. The number of hydrogen-bond acceptors (Lipinski definition) is 2. The Kier molecular flexibility index (Phi) is 4.65. The van der Waals surface area contributed by atoms with E-state index in [0.29, 0.717) is 0 Å². The van der Waals surface area contributed by atoms with E-state index in [9.17, 15) is 10.1 Å². The summed E-state index contributed by atoms with van der Waals surface area (Å²) in [6.07, 6.45) is 2.50. The zero-order valence-corrected chi connectivity index (χ0v) is 11.8. The molecule has 102 valence electrons. The van der Waals surface area contributed by atoms with E-state index in [0.717, 1.165) is 17.6 Å². The standard InChI is InChI=1S/C16H21NO2/c1-6-12(2)15(16(3,4)5)11-13-8-7-9-14(10-13)17(18)19/h6-10,15H,1-2,11H2,3-5H3. The summed E-state index contributed by atoms with van der Waals surface area (Å²) in [6.45, 7) is 14.2. The highest BCUT2D eigenvalue weighted by atomic mass is 16.6. The summed E-state index contributed by atoms with van der Waals surface area (Å²) >= 11 is 0. The quantitative estimate of drug-likeness (QED) is 0.442. The van der Waals surface area contributed by atoms with Gasteiger partial charge in [-0.1, -0.05) is 57.7 Å². The van der Waals surface area contributed by atoms with Crippen molar-refractivity contribution in [2.45, 2.75) is 27.2 Å². The molecule has 1 aromatic carbocycles. The van der Waals surface area contributed by atoms with Crippen molar-refractivity contribution in [3.05, 3.63) is 64.8 Å². The van der Waals surface area contributed by atoms with E-state index in [1.54, 1.807) is 18.2 Å². The molecule has 1 atom stereocenters. The van der Waals surface area contributed by atoms with Crippen LogP contribution >= 0.6 is 0 Å². The summed E-state index contributed by atoms with van der Waals surface area (Å²) in [5.41, 5.74) is 2.10. The zero-order chi connectivity index (χ0) is 14.6. The van der Waals surface area contributed by atoms with Crippen LogP contribution in [-0.2, 0) is 6.42 Å². The molecule has 1 aromatic rings. The molecule has 1 rings (SSSR count). The first-order chi connectivity index (χ1) is 8.75. The molecule has 0 radical (unpaired) electrons. The van der Waals surface area contributed by atoms with E-state index in [2.05, 4.69) is 33.9 Å². The largest absolute Gasteiger partial charge is 0.269 e. The van der Waals surface area contributed by atoms with Crippen LogP contribution in [-0.4, -0.2) is 4.92 Å². The number of nitro groups is 1. The van der Waals surface area contributed by atoms with Gasteiger partial charge in [-0.15, -0.1) is 0 Å². The first-order valence-electron chi connectivity index (χ1n) is 6.30. The Morgan fingerprint density at radius 3 is 2.58 bits per heavy atom. The fraction of sp³-hybridized carbons (Fsp3) is 0.375. The molecule has 0 aliphatic rings. The summed E-state index contributed by atoms with van der Waals surface area (Å²) in [7, 11) is 0. The number of rotatable bonds is 5. The molecule has 19 heavy (non-hydrogen) atoms. The Balaban J connectivity index is 3.03. The van der Waals surface area contributed by atoms with E-state index in [4.69, 9.17) is 0 Å². The summed E-state index contributed by atoms with van der Waals surface area (Å²) in [5, 5.41) is 10.8. The van der Waals surface area contributed by atoms with Gasteiger partial charge in [-0.2, -0.15) is 0 Å². The SMILES string of the molecule is C=CC(=C)C(Cc1cccc([N+](=O)[O-])c1)C(C)(C)C. The summed E-state index contributed by atoms with van der Waals surface area (Å²) in [6, 6.07) is 6.79. The lowest BCUT2D eigenvalue weighted by molar-refractivity contribution is -0.384. The van der Waals surface area contributed by atoms with E-state index < -0.39 is 0 Å². The number of nitro benzene ring substituents is 1. The van der Waals surface area contributed by atoms with Crippen molar-refractivity contribution < 1.29 is 4.92 Å². The fourth-order valence-corrected chi connectivity index (χ4v) is 2.17. The predicted octanol–water partition coefficient (Wildman–Crippen LogP) is 4.54. The van der Waals surface area contributed by atoms with Crippen molar-refractivity contribution in [1.29, 1.82) is 0 Å². The van der Waals surface area contributed by atoms with Crippen LogP contribution in [0.5, 0.6) is 0 Å². The van der Waals surface area contributed by atoms with E-state index in [1.165, 1.54) is 6.07 Å². The van der Waals surface area contributed by atoms with Crippen LogP contribution in [0.25, 0.3) is 0 Å². The lowest BCUT2D eigenvalue weighted by Gasteiger charge is -2.31. The van der Waals surface area contributed by atoms with Gasteiger partial charge in [0, 0.05) is 12.1 Å². The van der Waals surface area contributed by atoms with Crippen LogP contribution in [0.15, 0.2) is 49.1 Å². The second kappa shape index (κ2) is 5.83. The van der Waals surface area contributed by atoms with Crippen LogP contribution in [0.3, 0.4) is 0 Å². The van der Waals surface area contributed by atoms with Crippen LogP contribution in [0.4, 0.5) is 5.69 Å². The number of allylic oxidation sites excluding steroid dienone is 2. The number of nitrogens with zero attached hydrogens (tertiary/aromatic N) is 1. The second-order valence-electron chi connectivity index (χ2n) is 5.83. The Hall–Kier alpha value is -1.90. The number of benzene rings is 1. The van der Waals surface area contributed by atoms with Crippen molar-refractivity contribution >= 4 is 5.69 Å². The fourth-order valence-electron chi connectivity index (χ4n) is 2.17. The lowest BCUT2D eigenvalue weighted by Crippen LogP contribution is -2.23. The summed E-state index contributed by atoms with van der Waals surface area (Å²) < 4.78 is 0. The van der Waals surface area contributed by atoms with Crippen molar-refractivity contribution in [3.63, 3.8) is 0 Å². The average molecular weight is 259 g/mol. The van der Waals surface area contributed by atoms with Crippen LogP contribution in [0.1, 0.15) is 26.3 Å². The van der Waals surface area contributed by atoms with E-state index >= 15 is 0 Å². The van der Waals surface area contributed by atoms with Gasteiger partial charge in [-0.05, 0) is 23.3 Å². The number of non-ortho nitro benzene ring substituents is 1. The molecule has 0 saturated carbocycles. The molecule has 0 amide bonds. The molecule has 3 heteroatoms. The molecule has 0 spiro atoms. The Morgan fingerprint density at radius 2 is 2.11 bits per heavy atom. The highest BCUT2D eigenvalue weighted by Crippen LogP contribution is 2.35. The third kappa shape index (κ3) is 4.05. The zero-order valence-electron chi connectivity index (χ0n) is 11.8. The van der Waals surface area contributed by atoms with Gasteiger partial charge < -0.3 is 0 Å². The predicted molar refractivity (Wildman–Crippen MR) is 79.1 cm³/mol. The van der Waals surface area contributed by atoms with Crippen molar-refractivity contribution in [2.75, 3.05) is 0 Å². The minimum Gasteiger partial charge on any atom is -0.258 e. The molecule has 0 aromatic heterocycles. The van der Waals surface area contributed by atoms with Gasteiger partial charge in [-0.3, -0.25) is 10.1 Å². The minimum absolute atomic E-state index is 0.0376. The van der Waals surface area contributed by atoms with Gasteiger partial charge in [0.15, 0.2) is 0 Å². The summed E-state index contributed by atoms with van der Waals surface area (Å²) in [4.78, 5) is 10.4. The smallest absolute Gasteiger partial charge is 0.258 e. The van der Waals surface area contributed by atoms with Gasteiger partial charge >= 0.3 is 0 Å². The lowest BCUT2D eigenvalue weighted by atomic mass is 9.73. The Bertz CT molecular complexity index is 498. The van der Waals surface area contributed by atoms with Gasteiger partial charge in [0.1, 0.15) is 0 Å². The van der Waals surface area contributed by atoms with Crippen LogP contribution in [0, 0.1) is 21.4 Å². The van der Waals surface area contributed by atoms with Crippen molar-refractivity contribution in [2.24, 2.45) is 11.3 Å². The first-order valence-corrected chi connectivity index (χ1v) is 6.30. The molecule has 3 nitrogen and oxygen atoms in total. The molecule has 0 N–H and O–H groups in total. The van der Waals surface area contributed by atoms with E-state index in [1.807, 2.05) is 6.07 Å². The molecule has 0 bridgehead atoms. The van der Waals surface area contributed by atoms with Gasteiger partial charge in [0.2, 0.25) is 0 Å². The molecule has 0 aliphatic heterocycles. The Morgan fingerprint density at radius 1 is 1.47 bits per heavy atom. The maximum atomic E-state index is 10.8. The molecule has 0 aliphatic carbocycles. The average Bonchev–Trinajstić information content (AvgIpc) is 2.34. The minimum atomic E-state index is -0.363. The van der Waals surface area contributed by atoms with Crippen LogP contribution < -0.4 is 0 Å². The van der Waals surface area contributed by atoms with Crippen LogP contribution in [0.2, 0.25) is 0 Å². The molecule has 0 heterocycles. The van der Waals surface area contributed by atoms with Crippen molar-refractivity contribution in [1.82, 2.24) is 0 Å². The molecule has 0 fully saturated rings. The first kappa shape index (κ1) is 15.2. The highest BCUT2D eigenvalue weighted by Gasteiger charge is 2.26. The van der Waals surface area contributed by atoms with Gasteiger partial charge in [-0.25, -0.2) is 0 Å². The molecule has 0 saturated heterocycles. The van der Waals surface area contributed by atoms with Gasteiger partial charge in [0.05, 0.1) is 4.92 Å². The molecular formula is C16H21NO2. The second-order valence-corrected chi connectivity index (χ2v) is 5.83. The molecular weight excluding hydrogens is 238 g/mol. The maximum absolute atomic E-state index is 10.8. The normalized spacial score (nSPS) is 12.8. The monoisotopic (exact) mass is 259 g/mol. The molecule has 1 unspecified atom stereocenters. The third-order valence-corrected chi connectivity index (χ3v) is 3.32. The van der Waals surface area contributed by atoms with Crippen molar-refractivity contribution in [3.8, 4) is 0 Å². The number of hydrogen-bond donors (Lipinski definition) is 0.